The lowest BCUT2D eigenvalue weighted by molar-refractivity contribution is -0.141. The van der Waals surface area contributed by atoms with Gasteiger partial charge in [0.15, 0.2) is 11.9 Å². The number of carbonyl (C=O) groups excluding carboxylic acids is 11. The summed E-state index contributed by atoms with van der Waals surface area (Å²) in [5, 5.41) is 48.4. The first-order valence-corrected chi connectivity index (χ1v) is 23.9. The van der Waals surface area contributed by atoms with Crippen LogP contribution in [0.25, 0.3) is 0 Å². The van der Waals surface area contributed by atoms with Gasteiger partial charge in [-0.25, -0.2) is 4.98 Å². The number of aliphatic hydroxyl groups excluding tert-OH is 1. The molecule has 0 unspecified atom stereocenters. The van der Waals surface area contributed by atoms with Gasteiger partial charge in [-0.15, -0.1) is 0 Å². The Balaban J connectivity index is 2.25. The van der Waals surface area contributed by atoms with Crippen LogP contribution in [0.3, 0.4) is 0 Å². The predicted molar refractivity (Wildman–Crippen MR) is 267 cm³/mol. The van der Waals surface area contributed by atoms with Crippen molar-refractivity contribution in [2.24, 2.45) is 44.4 Å². The number of likely N-dealkylation sites (tertiary alicyclic amines) is 1. The van der Waals surface area contributed by atoms with Gasteiger partial charge in [-0.3, -0.25) is 72.3 Å². The lowest BCUT2D eigenvalue weighted by Crippen LogP contribution is -2.60. The van der Waals surface area contributed by atoms with Crippen LogP contribution in [-0.4, -0.2) is 214 Å². The molecule has 1 aromatic rings. The number of H-pyrrole nitrogens is 1. The second-order valence-corrected chi connectivity index (χ2v) is 17.1. The molecule has 2 heterocycles. The zero-order chi connectivity index (χ0) is 58.5. The Hall–Kier alpha value is -9.22. The number of carbonyl (C=O) groups is 13. The molecular weight excluding hydrogens is 1040 g/mol. The SMILES string of the molecule is NCC(=O)N1CCC[C@H]1C(=O)N[C@@H](Cc1cnc[nH]1)C(=O)N[C@@H](CO)C(=O)N[C@@H](CCCN=C(N)N)C(=O)N[C@@H](CC(N)=O)C(=O)NCC(=O)N[C@@H](CCCN=C(N)N)C(=O)NCC(=O)N[C@@H](CC(=O)O)C(=O)NCC(=O)O. The highest BCUT2D eigenvalue weighted by atomic mass is 16.4. The normalized spacial score (nSPS) is 14.9. The van der Waals surface area contributed by atoms with Gasteiger partial charge in [-0.2, -0.15) is 0 Å². The molecule has 0 radical (unpaired) electrons. The van der Waals surface area contributed by atoms with Gasteiger partial charge in [0, 0.05) is 37.9 Å². The van der Waals surface area contributed by atoms with Crippen molar-refractivity contribution in [1.29, 1.82) is 0 Å². The van der Waals surface area contributed by atoms with E-state index in [9.17, 15) is 67.4 Å². The molecule has 1 aliphatic heterocycles. The minimum Gasteiger partial charge on any atom is -0.481 e. The van der Waals surface area contributed by atoms with Crippen LogP contribution >= 0.6 is 0 Å². The molecule has 36 nitrogen and oxygen atoms in total. The lowest BCUT2D eigenvalue weighted by Gasteiger charge is -2.27. The quantitative estimate of drug-likeness (QED) is 0.0170. The van der Waals surface area contributed by atoms with Crippen LogP contribution in [0.1, 0.15) is 57.1 Å². The number of nitrogens with zero attached hydrogens (tertiary/aromatic N) is 4. The summed E-state index contributed by atoms with van der Waals surface area (Å²) in [6.07, 6.45) is 0.963. The predicted octanol–water partition coefficient (Wildman–Crippen LogP) is -11.3. The molecule has 36 heteroatoms. The molecule has 1 saturated heterocycles. The van der Waals surface area contributed by atoms with Crippen molar-refractivity contribution in [2.75, 3.05) is 52.4 Å². The van der Waals surface area contributed by atoms with Crippen molar-refractivity contribution >= 4 is 88.8 Å². The molecule has 0 aromatic carbocycles. The van der Waals surface area contributed by atoms with Crippen molar-refractivity contribution in [3.8, 4) is 0 Å². The number of aliphatic carboxylic acids is 2. The monoisotopic (exact) mass is 1110 g/mol. The summed E-state index contributed by atoms with van der Waals surface area (Å²) in [5.74, 6) is -14.7. The molecular formula is C42H68N20O16. The van der Waals surface area contributed by atoms with Gasteiger partial charge in [0.1, 0.15) is 48.8 Å². The van der Waals surface area contributed by atoms with E-state index in [2.05, 4.69) is 57.2 Å². The molecule has 11 amide bonds. The van der Waals surface area contributed by atoms with Crippen molar-refractivity contribution < 1.29 is 77.6 Å². The van der Waals surface area contributed by atoms with Gasteiger partial charge in [0.05, 0.1) is 45.4 Å². The Morgan fingerprint density at radius 1 is 0.628 bits per heavy atom. The van der Waals surface area contributed by atoms with Crippen LogP contribution in [0.5, 0.6) is 0 Å². The summed E-state index contributed by atoms with van der Waals surface area (Å²) in [5.41, 5.74) is 32.8. The molecule has 0 aliphatic carbocycles. The van der Waals surface area contributed by atoms with Crippen LogP contribution in [0.15, 0.2) is 22.5 Å². The first-order chi connectivity index (χ1) is 36.8. The van der Waals surface area contributed by atoms with Crippen LogP contribution in [-0.2, 0) is 68.7 Å². The van der Waals surface area contributed by atoms with E-state index in [-0.39, 0.29) is 76.6 Å². The van der Waals surface area contributed by atoms with Crippen LogP contribution < -0.4 is 82.3 Å². The molecule has 1 aliphatic rings. The number of nitrogens with two attached hydrogens (primary N) is 6. The molecule has 432 valence electrons. The van der Waals surface area contributed by atoms with Gasteiger partial charge in [-0.1, -0.05) is 0 Å². The Labute approximate surface area is 443 Å². The van der Waals surface area contributed by atoms with E-state index < -0.39 is 158 Å². The number of aromatic amines is 1. The van der Waals surface area contributed by atoms with Crippen molar-refractivity contribution in [1.82, 2.24) is 62.7 Å². The third kappa shape index (κ3) is 24.4. The van der Waals surface area contributed by atoms with E-state index in [1.165, 1.54) is 17.4 Å². The second kappa shape index (κ2) is 33.6. The number of hydrogen-bond acceptors (Lipinski definition) is 18. The molecule has 0 saturated carbocycles. The number of nitrogens with one attached hydrogen (secondary N) is 10. The Bertz CT molecular complexity index is 2360. The summed E-state index contributed by atoms with van der Waals surface area (Å²) >= 11 is 0. The highest BCUT2D eigenvalue weighted by Gasteiger charge is 2.37. The number of guanidine groups is 2. The molecule has 78 heavy (non-hydrogen) atoms. The zero-order valence-electron chi connectivity index (χ0n) is 42.1. The van der Waals surface area contributed by atoms with Crippen LogP contribution in [0.4, 0.5) is 0 Å². The van der Waals surface area contributed by atoms with E-state index in [4.69, 9.17) is 44.6 Å². The van der Waals surface area contributed by atoms with Gasteiger partial charge < -0.3 is 107 Å². The average molecular weight is 1110 g/mol. The number of rotatable bonds is 35. The Kier molecular flexibility index (Phi) is 28.0. The van der Waals surface area contributed by atoms with E-state index in [1.54, 1.807) is 0 Å². The van der Waals surface area contributed by atoms with Crippen LogP contribution in [0.2, 0.25) is 0 Å². The molecule has 1 aromatic heterocycles. The summed E-state index contributed by atoms with van der Waals surface area (Å²) < 4.78 is 0. The molecule has 0 bridgehead atoms. The molecule has 2 rings (SSSR count). The number of primary amides is 1. The Morgan fingerprint density at radius 2 is 1.12 bits per heavy atom. The number of amides is 11. The third-order valence-electron chi connectivity index (χ3n) is 11.0. The number of carboxylic acid groups (broad SMARTS) is 2. The van der Waals surface area contributed by atoms with Gasteiger partial charge in [0.25, 0.3) is 0 Å². The van der Waals surface area contributed by atoms with Crippen molar-refractivity contribution in [3.63, 3.8) is 0 Å². The fourth-order valence-corrected chi connectivity index (χ4v) is 7.26. The summed E-state index contributed by atoms with van der Waals surface area (Å²) in [6, 6.07) is -10.8. The standard InChI is InChI=1S/C42H68N20O16/c43-13-31(67)62-9-3-6-27(62)40(78)60-23(10-20-14-49-19-55-20)38(76)61-26(18-63)39(77)58-22(5-2-8-51-42(47)48)37(75)59-24(11-28(44)64)35(73)53-15-29(65)56-21(4-1-7-50-41(45)46)34(72)52-16-30(66)57-25(12-32(68)69)36(74)54-17-33(70)71/h14,19,21-27,63H,1-13,15-18,43H2,(H2,44,64)(H,49,55)(H,52,72)(H,53,73)(H,54,74)(H,56,65)(H,57,66)(H,58,77)(H,59,75)(H,60,78)(H,61,76)(H,68,69)(H,70,71)(H4,45,46,50)(H4,47,48,51)/t21-,22-,23-,24-,25-,26-,27-/m0/s1. The largest absolute Gasteiger partial charge is 0.481 e. The van der Waals surface area contributed by atoms with Gasteiger partial charge in [0.2, 0.25) is 65.0 Å². The fraction of sp³-hybridized carbons (Fsp3) is 0.571. The molecule has 7 atom stereocenters. The number of aliphatic imine (C=N–C) groups is 2. The summed E-state index contributed by atoms with van der Waals surface area (Å²) in [4.78, 5) is 182. The van der Waals surface area contributed by atoms with Crippen LogP contribution in [0, 0.1) is 0 Å². The number of aromatic nitrogens is 2. The number of aliphatic hydroxyl groups is 1. The molecule has 1 fully saturated rings. The number of imidazole rings is 1. The first kappa shape index (κ1) is 64.9. The third-order valence-corrected chi connectivity index (χ3v) is 11.0. The van der Waals surface area contributed by atoms with E-state index in [0.29, 0.717) is 12.1 Å². The van der Waals surface area contributed by atoms with E-state index in [0.717, 1.165) is 0 Å². The molecule has 25 N–H and O–H groups in total. The highest BCUT2D eigenvalue weighted by Crippen LogP contribution is 2.18. The minimum atomic E-state index is -1.83. The van der Waals surface area contributed by atoms with Gasteiger partial charge in [-0.05, 0) is 38.5 Å². The summed E-state index contributed by atoms with van der Waals surface area (Å²) in [7, 11) is 0. The first-order valence-electron chi connectivity index (χ1n) is 23.9. The van der Waals surface area contributed by atoms with Crippen molar-refractivity contribution in [2.45, 2.75) is 100 Å². The zero-order valence-corrected chi connectivity index (χ0v) is 42.1. The number of hydrogen-bond donors (Lipinski definition) is 19. The summed E-state index contributed by atoms with van der Waals surface area (Å²) in [6.45, 7) is -4.00. The Morgan fingerprint density at radius 3 is 1.62 bits per heavy atom. The maximum Gasteiger partial charge on any atom is 0.322 e. The minimum absolute atomic E-state index is 0.00916. The highest BCUT2D eigenvalue weighted by molar-refractivity contribution is 5.99. The maximum absolute atomic E-state index is 13.9. The van der Waals surface area contributed by atoms with E-state index >= 15 is 0 Å². The van der Waals surface area contributed by atoms with Crippen molar-refractivity contribution in [3.05, 3.63) is 18.2 Å². The maximum atomic E-state index is 13.9. The average Bonchev–Trinajstić information content (AvgIpc) is 4.10. The van der Waals surface area contributed by atoms with Gasteiger partial charge >= 0.3 is 11.9 Å². The van der Waals surface area contributed by atoms with E-state index in [1.807, 2.05) is 10.6 Å². The molecule has 0 spiro atoms. The smallest absolute Gasteiger partial charge is 0.322 e. The number of carboxylic acids is 2. The second-order valence-electron chi connectivity index (χ2n) is 17.1. The fourth-order valence-electron chi connectivity index (χ4n) is 7.26. The topological polar surface area (TPSA) is 604 Å². The lowest BCUT2D eigenvalue weighted by atomic mass is 10.1.